The largest absolute Gasteiger partial charge is 0.491 e. The highest BCUT2D eigenvalue weighted by molar-refractivity contribution is 5.29. The lowest BCUT2D eigenvalue weighted by Crippen LogP contribution is -2.41. The minimum Gasteiger partial charge on any atom is -0.491 e. The van der Waals surface area contributed by atoms with Crippen LogP contribution in [0, 0.1) is 0 Å². The standard InChI is InChI=1S/C16H26N2O2/c1-13(2)20-15-6-4-14(5-7-15)16(17-3)12-18-8-10-19-11-9-18/h4-7,13,16-17H,8-12H2,1-3H3. The minimum atomic E-state index is 0.217. The monoisotopic (exact) mass is 278 g/mol. The van der Waals surface area contributed by atoms with Crippen molar-refractivity contribution < 1.29 is 9.47 Å². The zero-order valence-electron chi connectivity index (χ0n) is 12.8. The van der Waals surface area contributed by atoms with Crippen LogP contribution >= 0.6 is 0 Å². The van der Waals surface area contributed by atoms with Crippen molar-refractivity contribution in [3.8, 4) is 5.75 Å². The topological polar surface area (TPSA) is 33.7 Å². The summed E-state index contributed by atoms with van der Waals surface area (Å²) < 4.78 is 11.1. The molecule has 1 aliphatic heterocycles. The van der Waals surface area contributed by atoms with Gasteiger partial charge in [-0.15, -0.1) is 0 Å². The molecule has 4 heteroatoms. The SMILES string of the molecule is CNC(CN1CCOCC1)c1ccc(OC(C)C)cc1. The summed E-state index contributed by atoms with van der Waals surface area (Å²) in [6, 6.07) is 8.76. The van der Waals surface area contributed by atoms with E-state index in [-0.39, 0.29) is 6.10 Å². The van der Waals surface area contributed by atoms with Gasteiger partial charge in [-0.05, 0) is 38.6 Å². The Morgan fingerprint density at radius 3 is 2.40 bits per heavy atom. The molecule has 0 saturated carbocycles. The van der Waals surface area contributed by atoms with E-state index in [1.807, 2.05) is 20.9 Å². The Hall–Kier alpha value is -1.10. The molecule has 1 unspecified atom stereocenters. The number of likely N-dealkylation sites (N-methyl/N-ethyl adjacent to an activating group) is 1. The molecule has 0 bridgehead atoms. The first-order valence-corrected chi connectivity index (χ1v) is 7.43. The molecule has 1 saturated heterocycles. The van der Waals surface area contributed by atoms with Crippen LogP contribution in [0.15, 0.2) is 24.3 Å². The van der Waals surface area contributed by atoms with Gasteiger partial charge in [-0.1, -0.05) is 12.1 Å². The Labute approximate surface area is 122 Å². The van der Waals surface area contributed by atoms with Gasteiger partial charge in [-0.3, -0.25) is 4.90 Å². The number of hydrogen-bond donors (Lipinski definition) is 1. The molecule has 0 aromatic heterocycles. The molecule has 0 amide bonds. The van der Waals surface area contributed by atoms with Gasteiger partial charge in [0.1, 0.15) is 5.75 Å². The zero-order chi connectivity index (χ0) is 14.4. The Kier molecular flexibility index (Phi) is 5.83. The molecule has 1 N–H and O–H groups in total. The predicted molar refractivity (Wildman–Crippen MR) is 81.3 cm³/mol. The van der Waals surface area contributed by atoms with Gasteiger partial charge in [-0.25, -0.2) is 0 Å². The summed E-state index contributed by atoms with van der Waals surface area (Å²) in [7, 11) is 2.02. The fourth-order valence-corrected chi connectivity index (χ4v) is 2.46. The molecule has 0 radical (unpaired) electrons. The lowest BCUT2D eigenvalue weighted by molar-refractivity contribution is 0.0338. The third kappa shape index (κ3) is 4.47. The summed E-state index contributed by atoms with van der Waals surface area (Å²) in [5, 5.41) is 3.40. The molecule has 1 aromatic carbocycles. The minimum absolute atomic E-state index is 0.217. The van der Waals surface area contributed by atoms with Crippen molar-refractivity contribution in [2.75, 3.05) is 39.9 Å². The van der Waals surface area contributed by atoms with Gasteiger partial charge in [-0.2, -0.15) is 0 Å². The molecule has 1 heterocycles. The lowest BCUT2D eigenvalue weighted by Gasteiger charge is -2.30. The molecular formula is C16H26N2O2. The van der Waals surface area contributed by atoms with E-state index in [4.69, 9.17) is 9.47 Å². The smallest absolute Gasteiger partial charge is 0.119 e. The average Bonchev–Trinajstić information content (AvgIpc) is 2.46. The first-order chi connectivity index (χ1) is 9.69. The average molecular weight is 278 g/mol. The fraction of sp³-hybridized carbons (Fsp3) is 0.625. The summed E-state index contributed by atoms with van der Waals surface area (Å²) in [6.45, 7) is 8.84. The number of ether oxygens (including phenoxy) is 2. The van der Waals surface area contributed by atoms with Gasteiger partial charge in [0, 0.05) is 25.7 Å². The highest BCUT2D eigenvalue weighted by Crippen LogP contribution is 2.19. The van der Waals surface area contributed by atoms with Crippen molar-refractivity contribution >= 4 is 0 Å². The molecule has 20 heavy (non-hydrogen) atoms. The van der Waals surface area contributed by atoms with E-state index in [9.17, 15) is 0 Å². The second-order valence-electron chi connectivity index (χ2n) is 5.49. The van der Waals surface area contributed by atoms with E-state index in [1.54, 1.807) is 0 Å². The molecular weight excluding hydrogens is 252 g/mol. The van der Waals surface area contributed by atoms with Crippen LogP contribution in [-0.4, -0.2) is 50.9 Å². The summed E-state index contributed by atoms with van der Waals surface area (Å²) in [6.07, 6.45) is 0.217. The van der Waals surface area contributed by atoms with Crippen LogP contribution in [0.2, 0.25) is 0 Å². The third-order valence-corrected chi connectivity index (χ3v) is 3.55. The van der Waals surface area contributed by atoms with Gasteiger partial charge in [0.2, 0.25) is 0 Å². The van der Waals surface area contributed by atoms with Crippen molar-refractivity contribution in [3.05, 3.63) is 29.8 Å². The molecule has 1 fully saturated rings. The van der Waals surface area contributed by atoms with Crippen LogP contribution in [0.3, 0.4) is 0 Å². The van der Waals surface area contributed by atoms with Crippen molar-refractivity contribution in [2.24, 2.45) is 0 Å². The fourth-order valence-electron chi connectivity index (χ4n) is 2.46. The summed E-state index contributed by atoms with van der Waals surface area (Å²) >= 11 is 0. The maximum Gasteiger partial charge on any atom is 0.119 e. The van der Waals surface area contributed by atoms with Crippen LogP contribution in [0.5, 0.6) is 5.75 Å². The van der Waals surface area contributed by atoms with Crippen LogP contribution < -0.4 is 10.1 Å². The Morgan fingerprint density at radius 1 is 1.20 bits per heavy atom. The van der Waals surface area contributed by atoms with Gasteiger partial charge >= 0.3 is 0 Å². The lowest BCUT2D eigenvalue weighted by atomic mass is 10.1. The van der Waals surface area contributed by atoms with Gasteiger partial charge in [0.15, 0.2) is 0 Å². The van der Waals surface area contributed by atoms with Crippen molar-refractivity contribution in [1.82, 2.24) is 10.2 Å². The molecule has 112 valence electrons. The van der Waals surface area contributed by atoms with Crippen molar-refractivity contribution in [2.45, 2.75) is 26.0 Å². The second-order valence-corrected chi connectivity index (χ2v) is 5.49. The highest BCUT2D eigenvalue weighted by Gasteiger charge is 2.16. The molecule has 0 aliphatic carbocycles. The summed E-state index contributed by atoms with van der Waals surface area (Å²) in [5.74, 6) is 0.935. The normalized spacial score (nSPS) is 18.2. The van der Waals surface area contributed by atoms with Gasteiger partial charge in [0.25, 0.3) is 0 Å². The second kappa shape index (κ2) is 7.62. The molecule has 1 aromatic rings. The maximum absolute atomic E-state index is 5.69. The molecule has 1 aliphatic rings. The maximum atomic E-state index is 5.69. The van der Waals surface area contributed by atoms with Crippen LogP contribution in [0.25, 0.3) is 0 Å². The molecule has 0 spiro atoms. The van der Waals surface area contributed by atoms with Crippen LogP contribution in [0.1, 0.15) is 25.5 Å². The zero-order valence-corrected chi connectivity index (χ0v) is 12.8. The third-order valence-electron chi connectivity index (χ3n) is 3.55. The first-order valence-electron chi connectivity index (χ1n) is 7.43. The van der Waals surface area contributed by atoms with E-state index in [0.717, 1.165) is 38.6 Å². The Morgan fingerprint density at radius 2 is 1.85 bits per heavy atom. The van der Waals surface area contributed by atoms with Crippen LogP contribution in [0.4, 0.5) is 0 Å². The number of morpholine rings is 1. The van der Waals surface area contributed by atoms with Gasteiger partial charge in [0.05, 0.1) is 19.3 Å². The first kappa shape index (κ1) is 15.3. The number of hydrogen-bond acceptors (Lipinski definition) is 4. The van der Waals surface area contributed by atoms with Crippen molar-refractivity contribution in [1.29, 1.82) is 0 Å². The number of nitrogens with zero attached hydrogens (tertiary/aromatic N) is 1. The number of rotatable bonds is 6. The van der Waals surface area contributed by atoms with E-state index in [1.165, 1.54) is 5.56 Å². The predicted octanol–water partition coefficient (Wildman–Crippen LogP) is 2.07. The Balaban J connectivity index is 1.95. The van der Waals surface area contributed by atoms with Crippen LogP contribution in [-0.2, 0) is 4.74 Å². The molecule has 4 nitrogen and oxygen atoms in total. The number of nitrogens with one attached hydrogen (secondary N) is 1. The number of benzene rings is 1. The highest BCUT2D eigenvalue weighted by atomic mass is 16.5. The van der Waals surface area contributed by atoms with E-state index < -0.39 is 0 Å². The van der Waals surface area contributed by atoms with Crippen molar-refractivity contribution in [3.63, 3.8) is 0 Å². The van der Waals surface area contributed by atoms with E-state index in [2.05, 4.69) is 34.5 Å². The molecule has 1 atom stereocenters. The quantitative estimate of drug-likeness (QED) is 0.863. The molecule has 2 rings (SSSR count). The summed E-state index contributed by atoms with van der Waals surface area (Å²) in [5.41, 5.74) is 1.30. The van der Waals surface area contributed by atoms with E-state index in [0.29, 0.717) is 6.04 Å². The Bertz CT molecular complexity index is 386. The summed E-state index contributed by atoms with van der Waals surface area (Å²) in [4.78, 5) is 2.45. The van der Waals surface area contributed by atoms with Gasteiger partial charge < -0.3 is 14.8 Å². The van der Waals surface area contributed by atoms with E-state index >= 15 is 0 Å².